The molecule has 1 fully saturated rings. The first-order chi connectivity index (χ1) is 16.2. The highest BCUT2D eigenvalue weighted by Gasteiger charge is 2.41. The van der Waals surface area contributed by atoms with Crippen LogP contribution in [-0.2, 0) is 39.5 Å². The standard InChI is InChI=1S/C20H23FN6O6S/c21-34(31,32)13-7-14-15(10-27(20(14)30)16-3-4-18(28)23-19(16)29)17(8-13)33-11-12-9-26(25-24-12)6-2-1-5-22/h7-9,16H,1-6,10-11,22H2,(H,23,28,29). The molecular formula is C20H23FN6O6S. The summed E-state index contributed by atoms with van der Waals surface area (Å²) in [5.41, 5.74) is 6.16. The van der Waals surface area contributed by atoms with E-state index in [1.54, 1.807) is 10.9 Å². The first-order valence-corrected chi connectivity index (χ1v) is 12.0. The van der Waals surface area contributed by atoms with Gasteiger partial charge in [0.05, 0.1) is 12.7 Å². The van der Waals surface area contributed by atoms with Gasteiger partial charge in [0.15, 0.2) is 0 Å². The van der Waals surface area contributed by atoms with Crippen molar-refractivity contribution in [3.8, 4) is 5.75 Å². The number of nitrogens with zero attached hydrogens (tertiary/aromatic N) is 4. The summed E-state index contributed by atoms with van der Waals surface area (Å²) >= 11 is 0. The van der Waals surface area contributed by atoms with E-state index < -0.39 is 38.9 Å². The van der Waals surface area contributed by atoms with Crippen molar-refractivity contribution in [1.29, 1.82) is 0 Å². The number of benzene rings is 1. The summed E-state index contributed by atoms with van der Waals surface area (Å²) < 4.78 is 44.3. The Hall–Kier alpha value is -3.39. The average molecular weight is 495 g/mol. The fraction of sp³-hybridized carbons (Fsp3) is 0.450. The van der Waals surface area contributed by atoms with E-state index in [4.69, 9.17) is 10.5 Å². The van der Waals surface area contributed by atoms with Crippen LogP contribution in [0.1, 0.15) is 47.3 Å². The van der Waals surface area contributed by atoms with E-state index in [1.165, 1.54) is 4.90 Å². The molecule has 2 aliphatic rings. The van der Waals surface area contributed by atoms with Crippen LogP contribution in [0.15, 0.2) is 23.2 Å². The van der Waals surface area contributed by atoms with Gasteiger partial charge in [-0.25, -0.2) is 0 Å². The van der Waals surface area contributed by atoms with Crippen LogP contribution in [0.4, 0.5) is 3.89 Å². The SMILES string of the molecule is NCCCCn1cc(COc2cc(S(=O)(=O)F)cc3c2CN(C2CCC(=O)NC2=O)C3=O)nn1. The van der Waals surface area contributed by atoms with Gasteiger partial charge in [0.25, 0.3) is 5.91 Å². The topological polar surface area (TPSA) is 167 Å². The van der Waals surface area contributed by atoms with Gasteiger partial charge < -0.3 is 15.4 Å². The van der Waals surface area contributed by atoms with Crippen LogP contribution in [0.25, 0.3) is 0 Å². The van der Waals surface area contributed by atoms with Crippen molar-refractivity contribution in [2.24, 2.45) is 5.73 Å². The number of halogens is 1. The Morgan fingerprint density at radius 2 is 2.03 bits per heavy atom. The fourth-order valence-corrected chi connectivity index (χ4v) is 4.46. The van der Waals surface area contributed by atoms with E-state index in [9.17, 15) is 26.7 Å². The molecular weight excluding hydrogens is 471 g/mol. The van der Waals surface area contributed by atoms with Crippen LogP contribution in [0, 0.1) is 0 Å². The molecule has 0 saturated carbocycles. The number of amides is 3. The second-order valence-electron chi connectivity index (χ2n) is 8.04. The second kappa shape index (κ2) is 9.46. The van der Waals surface area contributed by atoms with E-state index >= 15 is 0 Å². The third-order valence-corrected chi connectivity index (χ3v) is 6.47. The molecule has 3 amide bonds. The molecule has 0 bridgehead atoms. The van der Waals surface area contributed by atoms with Crippen LogP contribution in [-0.4, -0.2) is 58.6 Å². The van der Waals surface area contributed by atoms with Crippen molar-refractivity contribution in [1.82, 2.24) is 25.2 Å². The first-order valence-electron chi connectivity index (χ1n) is 10.7. The Labute approximate surface area is 194 Å². The largest absolute Gasteiger partial charge is 0.487 e. The summed E-state index contributed by atoms with van der Waals surface area (Å²) in [6.07, 6.45) is 3.50. The Bertz CT molecular complexity index is 1250. The number of piperidine rings is 1. The van der Waals surface area contributed by atoms with Gasteiger partial charge in [-0.1, -0.05) is 5.21 Å². The molecule has 2 aliphatic heterocycles. The molecule has 1 unspecified atom stereocenters. The monoisotopic (exact) mass is 494 g/mol. The molecule has 1 aromatic heterocycles. The van der Waals surface area contributed by atoms with Crippen molar-refractivity contribution in [2.45, 2.75) is 56.3 Å². The zero-order chi connectivity index (χ0) is 24.5. The lowest BCUT2D eigenvalue weighted by molar-refractivity contribution is -0.136. The lowest BCUT2D eigenvalue weighted by Crippen LogP contribution is -2.52. The molecule has 12 nitrogen and oxygen atoms in total. The number of carbonyl (C=O) groups excluding carboxylic acids is 3. The molecule has 1 atom stereocenters. The highest BCUT2D eigenvalue weighted by Crippen LogP contribution is 2.36. The van der Waals surface area contributed by atoms with Gasteiger partial charge in [-0.05, 0) is 31.9 Å². The van der Waals surface area contributed by atoms with Gasteiger partial charge in [0.1, 0.15) is 29.0 Å². The van der Waals surface area contributed by atoms with Crippen LogP contribution < -0.4 is 15.8 Å². The minimum absolute atomic E-state index is 0.0189. The Kier molecular flexibility index (Phi) is 6.61. The van der Waals surface area contributed by atoms with Gasteiger partial charge in [-0.3, -0.25) is 24.4 Å². The number of imide groups is 1. The number of carbonyl (C=O) groups is 3. The third-order valence-electron chi connectivity index (χ3n) is 5.67. The van der Waals surface area contributed by atoms with Crippen LogP contribution in [0.3, 0.4) is 0 Å². The molecule has 2 aromatic rings. The van der Waals surface area contributed by atoms with Crippen molar-refractivity contribution in [3.63, 3.8) is 0 Å². The van der Waals surface area contributed by atoms with Crippen LogP contribution in [0.5, 0.6) is 5.75 Å². The van der Waals surface area contributed by atoms with Crippen molar-refractivity contribution in [2.75, 3.05) is 6.54 Å². The average Bonchev–Trinajstić information content (AvgIpc) is 3.36. The molecule has 0 aliphatic carbocycles. The van der Waals surface area contributed by atoms with E-state index in [-0.39, 0.29) is 37.3 Å². The molecule has 4 rings (SSSR count). The van der Waals surface area contributed by atoms with E-state index in [2.05, 4.69) is 15.6 Å². The number of hydrogen-bond donors (Lipinski definition) is 2. The maximum Gasteiger partial charge on any atom is 0.332 e. The second-order valence-corrected chi connectivity index (χ2v) is 9.39. The fourth-order valence-electron chi connectivity index (χ4n) is 3.96. The Balaban J connectivity index is 1.58. The zero-order valence-electron chi connectivity index (χ0n) is 18.1. The van der Waals surface area contributed by atoms with Gasteiger partial charge in [-0.2, -0.15) is 8.42 Å². The van der Waals surface area contributed by atoms with Gasteiger partial charge >= 0.3 is 10.2 Å². The highest BCUT2D eigenvalue weighted by atomic mass is 32.3. The Morgan fingerprint density at radius 1 is 1.24 bits per heavy atom. The maximum atomic E-state index is 13.8. The molecule has 14 heteroatoms. The number of nitrogens with one attached hydrogen (secondary N) is 1. The number of rotatable bonds is 9. The van der Waals surface area contributed by atoms with Gasteiger partial charge in [-0.15, -0.1) is 8.98 Å². The van der Waals surface area contributed by atoms with Gasteiger partial charge in [0.2, 0.25) is 11.8 Å². The summed E-state index contributed by atoms with van der Waals surface area (Å²) in [7, 11) is -5.14. The molecule has 34 heavy (non-hydrogen) atoms. The number of unbranched alkanes of at least 4 members (excludes halogenated alkanes) is 1. The summed E-state index contributed by atoms with van der Waals surface area (Å²) in [5, 5.41) is 10.2. The van der Waals surface area contributed by atoms with Gasteiger partial charge in [0, 0.05) is 30.2 Å². The normalized spacial score (nSPS) is 18.2. The van der Waals surface area contributed by atoms with Crippen molar-refractivity contribution >= 4 is 27.9 Å². The zero-order valence-corrected chi connectivity index (χ0v) is 18.9. The summed E-state index contributed by atoms with van der Waals surface area (Å²) in [5.74, 6) is -1.72. The minimum atomic E-state index is -5.14. The highest BCUT2D eigenvalue weighted by molar-refractivity contribution is 7.86. The van der Waals surface area contributed by atoms with Crippen LogP contribution >= 0.6 is 0 Å². The lowest BCUT2D eigenvalue weighted by Gasteiger charge is -2.29. The van der Waals surface area contributed by atoms with Crippen LogP contribution in [0.2, 0.25) is 0 Å². The number of fused-ring (bicyclic) bond motifs is 1. The Morgan fingerprint density at radius 3 is 2.74 bits per heavy atom. The number of aromatic nitrogens is 3. The molecule has 182 valence electrons. The molecule has 0 spiro atoms. The lowest BCUT2D eigenvalue weighted by atomic mass is 10.0. The smallest absolute Gasteiger partial charge is 0.332 e. The quantitative estimate of drug-likeness (QED) is 0.277. The number of hydrogen-bond acceptors (Lipinski definition) is 9. The van der Waals surface area contributed by atoms with E-state index in [0.717, 1.165) is 25.0 Å². The third kappa shape index (κ3) is 4.92. The van der Waals surface area contributed by atoms with Crippen molar-refractivity contribution < 1.29 is 31.4 Å². The molecule has 3 heterocycles. The molecule has 0 radical (unpaired) electrons. The maximum absolute atomic E-state index is 13.8. The van der Waals surface area contributed by atoms with Crippen molar-refractivity contribution in [3.05, 3.63) is 35.2 Å². The predicted molar refractivity (Wildman–Crippen MR) is 113 cm³/mol. The molecule has 1 aromatic carbocycles. The summed E-state index contributed by atoms with van der Waals surface area (Å²) in [6.45, 7) is 1.02. The first kappa shape index (κ1) is 23.8. The minimum Gasteiger partial charge on any atom is -0.487 e. The molecule has 1 saturated heterocycles. The van der Waals surface area contributed by atoms with E-state index in [1.807, 2.05) is 0 Å². The predicted octanol–water partition coefficient (Wildman–Crippen LogP) is 0.0152. The molecule has 3 N–H and O–H groups in total. The summed E-state index contributed by atoms with van der Waals surface area (Å²) in [6, 6.07) is 1.02. The van der Waals surface area contributed by atoms with E-state index in [0.29, 0.717) is 24.3 Å². The summed E-state index contributed by atoms with van der Waals surface area (Å²) in [4.78, 5) is 37.2. The number of aryl methyl sites for hydroxylation is 1. The number of ether oxygens (including phenoxy) is 1. The number of nitrogens with two attached hydrogens (primary N) is 1.